The van der Waals surface area contributed by atoms with E-state index in [4.69, 9.17) is 17.3 Å². The van der Waals surface area contributed by atoms with E-state index in [-0.39, 0.29) is 0 Å². The number of nitrogens with two attached hydrogens (primary N) is 1. The Bertz CT molecular complexity index is 347. The van der Waals surface area contributed by atoms with Crippen LogP contribution in [0.2, 0.25) is 5.02 Å². The molecule has 0 radical (unpaired) electrons. The maximum atomic E-state index is 5.95. The van der Waals surface area contributed by atoms with E-state index in [1.165, 1.54) is 24.9 Å². The van der Waals surface area contributed by atoms with Gasteiger partial charge in [0.25, 0.3) is 0 Å². The van der Waals surface area contributed by atoms with E-state index in [1.807, 2.05) is 12.1 Å². The fourth-order valence-electron chi connectivity index (χ4n) is 2.03. The molecule has 0 atom stereocenters. The molecule has 1 aromatic carbocycles. The molecule has 3 heteroatoms. The summed E-state index contributed by atoms with van der Waals surface area (Å²) in [6, 6.07) is 6.66. The van der Waals surface area contributed by atoms with Crippen molar-refractivity contribution in [2.45, 2.75) is 31.8 Å². The first-order chi connectivity index (χ1) is 7.22. The summed E-state index contributed by atoms with van der Waals surface area (Å²) in [4.78, 5) is 2.34. The van der Waals surface area contributed by atoms with Crippen molar-refractivity contribution in [1.29, 1.82) is 0 Å². The molecule has 0 aliphatic heterocycles. The van der Waals surface area contributed by atoms with Crippen molar-refractivity contribution in [3.8, 4) is 0 Å². The SMILES string of the molecule is CN(c1ccc(Cl)cc1CN)C1CCC1. The van der Waals surface area contributed by atoms with Gasteiger partial charge in [-0.1, -0.05) is 11.6 Å². The van der Waals surface area contributed by atoms with E-state index >= 15 is 0 Å². The normalized spacial score (nSPS) is 16.2. The Morgan fingerprint density at radius 3 is 2.73 bits per heavy atom. The third-order valence-corrected chi connectivity index (χ3v) is 3.50. The van der Waals surface area contributed by atoms with Crippen LogP contribution < -0.4 is 10.6 Å². The van der Waals surface area contributed by atoms with Crippen molar-refractivity contribution in [2.75, 3.05) is 11.9 Å². The zero-order valence-corrected chi connectivity index (χ0v) is 9.80. The largest absolute Gasteiger partial charge is 0.371 e. The summed E-state index contributed by atoms with van der Waals surface area (Å²) in [6.07, 6.45) is 3.94. The molecule has 2 rings (SSSR count). The molecule has 0 heterocycles. The highest BCUT2D eigenvalue weighted by atomic mass is 35.5. The fraction of sp³-hybridized carbons (Fsp3) is 0.500. The summed E-state index contributed by atoms with van der Waals surface area (Å²) in [6.45, 7) is 0.549. The number of nitrogens with zero attached hydrogens (tertiary/aromatic N) is 1. The van der Waals surface area contributed by atoms with E-state index in [9.17, 15) is 0 Å². The van der Waals surface area contributed by atoms with E-state index in [0.717, 1.165) is 10.6 Å². The number of anilines is 1. The molecule has 1 aliphatic carbocycles. The van der Waals surface area contributed by atoms with E-state index in [2.05, 4.69) is 18.0 Å². The number of rotatable bonds is 3. The Labute approximate surface area is 96.0 Å². The zero-order chi connectivity index (χ0) is 10.8. The molecule has 1 aromatic rings. The Hall–Kier alpha value is -0.730. The minimum Gasteiger partial charge on any atom is -0.371 e. The minimum atomic E-state index is 0.549. The van der Waals surface area contributed by atoms with Gasteiger partial charge in [0.05, 0.1) is 0 Å². The third-order valence-electron chi connectivity index (χ3n) is 3.26. The quantitative estimate of drug-likeness (QED) is 0.856. The van der Waals surface area contributed by atoms with Gasteiger partial charge in [-0.3, -0.25) is 0 Å². The molecule has 1 aliphatic rings. The van der Waals surface area contributed by atoms with Crippen LogP contribution >= 0.6 is 11.6 Å². The highest BCUT2D eigenvalue weighted by molar-refractivity contribution is 6.30. The summed E-state index contributed by atoms with van der Waals surface area (Å²) >= 11 is 5.95. The average molecular weight is 225 g/mol. The fourth-order valence-corrected chi connectivity index (χ4v) is 2.23. The number of benzene rings is 1. The van der Waals surface area contributed by atoms with Gasteiger partial charge in [-0.05, 0) is 43.0 Å². The van der Waals surface area contributed by atoms with Crippen LogP contribution in [0.3, 0.4) is 0 Å². The highest BCUT2D eigenvalue weighted by Crippen LogP contribution is 2.31. The molecule has 0 spiro atoms. The first-order valence-corrected chi connectivity index (χ1v) is 5.81. The molecule has 0 aromatic heterocycles. The Balaban J connectivity index is 2.25. The smallest absolute Gasteiger partial charge is 0.0412 e. The second-order valence-corrected chi connectivity index (χ2v) is 4.61. The molecule has 2 nitrogen and oxygen atoms in total. The molecule has 15 heavy (non-hydrogen) atoms. The van der Waals surface area contributed by atoms with Gasteiger partial charge in [-0.25, -0.2) is 0 Å². The number of hydrogen-bond acceptors (Lipinski definition) is 2. The average Bonchev–Trinajstić information content (AvgIpc) is 2.14. The molecule has 2 N–H and O–H groups in total. The lowest BCUT2D eigenvalue weighted by atomic mass is 9.91. The van der Waals surface area contributed by atoms with Crippen molar-refractivity contribution in [3.05, 3.63) is 28.8 Å². The Morgan fingerprint density at radius 1 is 1.47 bits per heavy atom. The van der Waals surface area contributed by atoms with Gasteiger partial charge in [0.15, 0.2) is 0 Å². The van der Waals surface area contributed by atoms with E-state index in [0.29, 0.717) is 12.6 Å². The highest BCUT2D eigenvalue weighted by Gasteiger charge is 2.23. The maximum Gasteiger partial charge on any atom is 0.0412 e. The molecular formula is C12H17ClN2. The van der Waals surface area contributed by atoms with Crippen LogP contribution in [0.1, 0.15) is 24.8 Å². The van der Waals surface area contributed by atoms with Gasteiger partial charge in [0.2, 0.25) is 0 Å². The molecule has 82 valence electrons. The molecule has 0 amide bonds. The number of halogens is 1. The number of hydrogen-bond donors (Lipinski definition) is 1. The minimum absolute atomic E-state index is 0.549. The molecule has 0 bridgehead atoms. The van der Waals surface area contributed by atoms with Crippen molar-refractivity contribution in [1.82, 2.24) is 0 Å². The first kappa shape index (κ1) is 10.8. The van der Waals surface area contributed by atoms with Crippen molar-refractivity contribution in [3.63, 3.8) is 0 Å². The van der Waals surface area contributed by atoms with Crippen LogP contribution in [0.4, 0.5) is 5.69 Å². The van der Waals surface area contributed by atoms with Gasteiger partial charge >= 0.3 is 0 Å². The van der Waals surface area contributed by atoms with Gasteiger partial charge in [-0.15, -0.1) is 0 Å². The summed E-state index contributed by atoms with van der Waals surface area (Å²) < 4.78 is 0. The van der Waals surface area contributed by atoms with Crippen LogP contribution in [0.5, 0.6) is 0 Å². The predicted molar refractivity (Wildman–Crippen MR) is 65.4 cm³/mol. The van der Waals surface area contributed by atoms with Crippen molar-refractivity contribution in [2.24, 2.45) is 5.73 Å². The Morgan fingerprint density at radius 2 is 2.20 bits per heavy atom. The van der Waals surface area contributed by atoms with Crippen molar-refractivity contribution >= 4 is 17.3 Å². The summed E-state index contributed by atoms with van der Waals surface area (Å²) in [5.41, 5.74) is 8.10. The second-order valence-electron chi connectivity index (χ2n) is 4.17. The second kappa shape index (κ2) is 4.42. The molecule has 1 saturated carbocycles. The van der Waals surface area contributed by atoms with Crippen LogP contribution in [-0.2, 0) is 6.54 Å². The monoisotopic (exact) mass is 224 g/mol. The first-order valence-electron chi connectivity index (χ1n) is 5.43. The van der Waals surface area contributed by atoms with E-state index in [1.54, 1.807) is 0 Å². The van der Waals surface area contributed by atoms with Crippen LogP contribution in [0.25, 0.3) is 0 Å². The topological polar surface area (TPSA) is 29.3 Å². The molecule has 0 saturated heterocycles. The van der Waals surface area contributed by atoms with Crippen LogP contribution in [0.15, 0.2) is 18.2 Å². The lowest BCUT2D eigenvalue weighted by Crippen LogP contribution is -2.37. The van der Waals surface area contributed by atoms with Crippen molar-refractivity contribution < 1.29 is 0 Å². The standard InChI is InChI=1S/C12H17ClN2/c1-15(11-3-2-4-11)12-6-5-10(13)7-9(12)8-14/h5-7,11H,2-4,8,14H2,1H3. The summed E-state index contributed by atoms with van der Waals surface area (Å²) in [5, 5.41) is 0.765. The van der Waals surface area contributed by atoms with Gasteiger partial charge in [-0.2, -0.15) is 0 Å². The van der Waals surface area contributed by atoms with Gasteiger partial charge < -0.3 is 10.6 Å². The zero-order valence-electron chi connectivity index (χ0n) is 9.04. The maximum absolute atomic E-state index is 5.95. The lowest BCUT2D eigenvalue weighted by Gasteiger charge is -2.37. The molecular weight excluding hydrogens is 208 g/mol. The van der Waals surface area contributed by atoms with Gasteiger partial charge in [0, 0.05) is 30.3 Å². The predicted octanol–water partition coefficient (Wildman–Crippen LogP) is 2.79. The summed E-state index contributed by atoms with van der Waals surface area (Å²) in [7, 11) is 2.15. The van der Waals surface area contributed by atoms with Crippen LogP contribution in [-0.4, -0.2) is 13.1 Å². The van der Waals surface area contributed by atoms with Gasteiger partial charge in [0.1, 0.15) is 0 Å². The lowest BCUT2D eigenvalue weighted by molar-refractivity contribution is 0.400. The molecule has 0 unspecified atom stereocenters. The third kappa shape index (κ3) is 2.11. The van der Waals surface area contributed by atoms with Crippen LogP contribution in [0, 0.1) is 0 Å². The Kier molecular flexibility index (Phi) is 3.17. The molecule has 1 fully saturated rings. The summed E-state index contributed by atoms with van der Waals surface area (Å²) in [5.74, 6) is 0. The van der Waals surface area contributed by atoms with E-state index < -0.39 is 0 Å².